The van der Waals surface area contributed by atoms with Crippen LogP contribution in [0.15, 0.2) is 42.5 Å². The maximum Gasteiger partial charge on any atom is 0.119 e. The molecule has 0 saturated carbocycles. The van der Waals surface area contributed by atoms with Gasteiger partial charge in [-0.15, -0.1) is 0 Å². The standard InChI is InChI=1S/C18H20O.C2H4O2/c19-18-13-16-5-1-3-14-7-9-15(10-8-14)4-2-6-17(18)12-11-16;1-2(3)4/h7-13,19H,1-6H2;1H3,(H,3,4)/p-1. The lowest BCUT2D eigenvalue weighted by Gasteiger charge is -2.10. The topological polar surface area (TPSA) is 60.4 Å². The van der Waals surface area contributed by atoms with Crippen molar-refractivity contribution >= 4 is 5.97 Å². The van der Waals surface area contributed by atoms with Gasteiger partial charge >= 0.3 is 0 Å². The smallest absolute Gasteiger partial charge is 0.119 e. The highest BCUT2D eigenvalue weighted by molar-refractivity contribution is 5.60. The number of aromatic hydroxyl groups is 1. The second-order valence-electron chi connectivity index (χ2n) is 5.98. The Hall–Kier alpha value is -2.29. The Morgan fingerprint density at radius 3 is 1.83 bits per heavy atom. The molecule has 4 aliphatic carbocycles. The van der Waals surface area contributed by atoms with E-state index in [4.69, 9.17) is 9.90 Å². The van der Waals surface area contributed by atoms with Crippen molar-refractivity contribution in [2.75, 3.05) is 0 Å². The summed E-state index contributed by atoms with van der Waals surface area (Å²) in [5.41, 5.74) is 5.14. The lowest BCUT2D eigenvalue weighted by Crippen LogP contribution is -2.16. The molecular weight excluding hydrogens is 288 g/mol. The van der Waals surface area contributed by atoms with Crippen LogP contribution in [0.5, 0.6) is 5.75 Å². The molecule has 0 aromatic heterocycles. The molecule has 2 aromatic rings. The molecule has 3 nitrogen and oxygen atoms in total. The summed E-state index contributed by atoms with van der Waals surface area (Å²) in [5.74, 6) is -0.608. The molecule has 6 rings (SSSR count). The van der Waals surface area contributed by atoms with Gasteiger partial charge in [-0.05, 0) is 73.8 Å². The molecule has 0 atom stereocenters. The van der Waals surface area contributed by atoms with E-state index in [1.165, 1.54) is 16.7 Å². The molecule has 0 fully saturated rings. The Balaban J connectivity index is 0.000000433. The molecule has 0 aliphatic heterocycles. The zero-order valence-corrected chi connectivity index (χ0v) is 13.5. The van der Waals surface area contributed by atoms with Crippen LogP contribution in [-0.2, 0) is 30.5 Å². The predicted octanol–water partition coefficient (Wildman–Crippen LogP) is 2.81. The molecule has 4 bridgehead atoms. The first-order valence-corrected chi connectivity index (χ1v) is 8.11. The minimum atomic E-state index is -1.08. The summed E-state index contributed by atoms with van der Waals surface area (Å²) in [6.45, 7) is 0.972. The van der Waals surface area contributed by atoms with Crippen LogP contribution in [0.2, 0.25) is 0 Å². The second-order valence-corrected chi connectivity index (χ2v) is 5.98. The predicted molar refractivity (Wildman–Crippen MR) is 89.3 cm³/mol. The summed E-state index contributed by atoms with van der Waals surface area (Å²) in [6, 6.07) is 15.2. The van der Waals surface area contributed by atoms with Crippen LogP contribution in [0.3, 0.4) is 0 Å². The van der Waals surface area contributed by atoms with Crippen LogP contribution in [0.25, 0.3) is 0 Å². The van der Waals surface area contributed by atoms with Gasteiger partial charge in [-0.25, -0.2) is 0 Å². The Labute approximate surface area is 137 Å². The normalized spacial score (nSPS) is 13.8. The summed E-state index contributed by atoms with van der Waals surface area (Å²) >= 11 is 0. The van der Waals surface area contributed by atoms with Crippen molar-refractivity contribution < 1.29 is 15.0 Å². The van der Waals surface area contributed by atoms with Crippen molar-refractivity contribution in [3.05, 3.63) is 64.7 Å². The summed E-state index contributed by atoms with van der Waals surface area (Å²) in [4.78, 5) is 8.89. The molecule has 0 amide bonds. The molecular formula is C20H23O3-. The molecule has 0 unspecified atom stereocenters. The van der Waals surface area contributed by atoms with Gasteiger partial charge in [0.1, 0.15) is 5.75 Å². The highest BCUT2D eigenvalue weighted by Crippen LogP contribution is 2.23. The van der Waals surface area contributed by atoms with Gasteiger partial charge in [-0.1, -0.05) is 36.4 Å². The highest BCUT2D eigenvalue weighted by Gasteiger charge is 2.05. The zero-order valence-electron chi connectivity index (χ0n) is 13.5. The van der Waals surface area contributed by atoms with Crippen molar-refractivity contribution in [1.29, 1.82) is 0 Å². The molecule has 2 aromatic carbocycles. The Morgan fingerprint density at radius 1 is 0.870 bits per heavy atom. The van der Waals surface area contributed by atoms with Crippen LogP contribution in [0.1, 0.15) is 42.0 Å². The first kappa shape index (κ1) is 17.1. The fourth-order valence-corrected chi connectivity index (χ4v) is 2.83. The number of hydrogen-bond acceptors (Lipinski definition) is 3. The summed E-state index contributed by atoms with van der Waals surface area (Å²) < 4.78 is 0. The quantitative estimate of drug-likeness (QED) is 0.814. The SMILES string of the molecule is CC(=O)[O-].Oc1cc2ccc1CCCc1ccc(cc1)CCC2. The van der Waals surface area contributed by atoms with Gasteiger partial charge < -0.3 is 15.0 Å². The Bertz CT molecular complexity index is 640. The zero-order chi connectivity index (χ0) is 16.7. The maximum atomic E-state index is 10.1. The summed E-state index contributed by atoms with van der Waals surface area (Å²) in [5, 5.41) is 18.9. The van der Waals surface area contributed by atoms with Gasteiger partial charge in [0.15, 0.2) is 0 Å². The van der Waals surface area contributed by atoms with E-state index in [2.05, 4.69) is 36.4 Å². The van der Waals surface area contributed by atoms with Crippen molar-refractivity contribution in [1.82, 2.24) is 0 Å². The molecule has 4 aliphatic rings. The first-order chi connectivity index (χ1) is 11.0. The fourth-order valence-electron chi connectivity index (χ4n) is 2.83. The third-order valence-electron chi connectivity index (χ3n) is 4.02. The number of carboxylic acid groups (broad SMARTS) is 1. The minimum absolute atomic E-state index is 0.475. The van der Waals surface area contributed by atoms with E-state index in [-0.39, 0.29) is 0 Å². The molecule has 0 spiro atoms. The van der Waals surface area contributed by atoms with E-state index < -0.39 is 5.97 Å². The number of aliphatic carboxylic acids is 1. The van der Waals surface area contributed by atoms with Gasteiger partial charge in [0.25, 0.3) is 0 Å². The van der Waals surface area contributed by atoms with Gasteiger partial charge in [0, 0.05) is 5.97 Å². The minimum Gasteiger partial charge on any atom is -0.550 e. The second kappa shape index (κ2) is 8.37. The molecule has 23 heavy (non-hydrogen) atoms. The van der Waals surface area contributed by atoms with Gasteiger partial charge in [-0.2, -0.15) is 0 Å². The number of benzene rings is 2. The maximum absolute atomic E-state index is 10.1. The van der Waals surface area contributed by atoms with Crippen molar-refractivity contribution in [3.63, 3.8) is 0 Å². The molecule has 1 N–H and O–H groups in total. The van der Waals surface area contributed by atoms with Gasteiger partial charge in [-0.3, -0.25) is 0 Å². The number of carbonyl (C=O) groups excluding carboxylic acids is 1. The van der Waals surface area contributed by atoms with E-state index in [1.807, 2.05) is 6.07 Å². The average Bonchev–Trinajstić information content (AvgIpc) is 2.50. The van der Waals surface area contributed by atoms with Crippen LogP contribution in [0, 0.1) is 0 Å². The van der Waals surface area contributed by atoms with E-state index in [1.54, 1.807) is 0 Å². The van der Waals surface area contributed by atoms with Gasteiger partial charge in [0.2, 0.25) is 0 Å². The molecule has 3 heteroatoms. The van der Waals surface area contributed by atoms with E-state index in [0.717, 1.165) is 51.0 Å². The number of carboxylic acids is 1. The lowest BCUT2D eigenvalue weighted by molar-refractivity contribution is -0.302. The average molecular weight is 311 g/mol. The van der Waals surface area contributed by atoms with E-state index in [0.29, 0.717) is 5.75 Å². The summed E-state index contributed by atoms with van der Waals surface area (Å²) in [7, 11) is 0. The Kier molecular flexibility index (Phi) is 6.21. The molecule has 0 heterocycles. The van der Waals surface area contributed by atoms with Crippen LogP contribution in [-0.4, -0.2) is 11.1 Å². The van der Waals surface area contributed by atoms with Gasteiger partial charge in [0.05, 0.1) is 0 Å². The molecule has 122 valence electrons. The van der Waals surface area contributed by atoms with Crippen LogP contribution < -0.4 is 5.11 Å². The summed E-state index contributed by atoms with van der Waals surface area (Å²) in [6.07, 6.45) is 6.41. The fraction of sp³-hybridized carbons (Fsp3) is 0.350. The van der Waals surface area contributed by atoms with E-state index >= 15 is 0 Å². The number of rotatable bonds is 0. The first-order valence-electron chi connectivity index (χ1n) is 8.11. The molecule has 0 saturated heterocycles. The lowest BCUT2D eigenvalue weighted by atomic mass is 9.97. The third kappa shape index (κ3) is 5.78. The van der Waals surface area contributed by atoms with Crippen LogP contribution in [0.4, 0.5) is 0 Å². The van der Waals surface area contributed by atoms with Crippen LogP contribution >= 0.6 is 0 Å². The number of carbonyl (C=O) groups is 1. The third-order valence-corrected chi connectivity index (χ3v) is 4.02. The van der Waals surface area contributed by atoms with Crippen molar-refractivity contribution in [2.24, 2.45) is 0 Å². The number of phenols is 1. The van der Waals surface area contributed by atoms with E-state index in [9.17, 15) is 5.11 Å². The largest absolute Gasteiger partial charge is 0.550 e. The number of phenolic OH excluding ortho intramolecular Hbond substituents is 1. The number of aryl methyl sites for hydroxylation is 4. The Morgan fingerprint density at radius 2 is 1.30 bits per heavy atom. The monoisotopic (exact) mass is 311 g/mol. The molecule has 0 radical (unpaired) electrons. The number of hydrogen-bond donors (Lipinski definition) is 1. The highest BCUT2D eigenvalue weighted by atomic mass is 16.4. The van der Waals surface area contributed by atoms with Crippen molar-refractivity contribution in [2.45, 2.75) is 45.4 Å². The van der Waals surface area contributed by atoms with Crippen molar-refractivity contribution in [3.8, 4) is 5.75 Å².